The number of benzene rings is 1. The third-order valence-electron chi connectivity index (χ3n) is 4.24. The number of carbonyl (C=O) groups is 2. The van der Waals surface area contributed by atoms with E-state index in [1.54, 1.807) is 24.3 Å². The van der Waals surface area contributed by atoms with E-state index in [4.69, 9.17) is 4.74 Å². The number of amides is 2. The lowest BCUT2D eigenvalue weighted by Gasteiger charge is -2.34. The standard InChI is InChI=1S/C19H24N2O3/c1-13-11-21(12-14(2)24-13)18(22)10-5-15-3-6-16(7-4-15)19(23)20-17-8-9-17/h3-7,10,13-14,17H,8-9,11-12H2,1-2H3,(H,20,23)/b10-5+. The number of carbonyl (C=O) groups excluding carboxylic acids is 2. The molecule has 0 aromatic heterocycles. The summed E-state index contributed by atoms with van der Waals surface area (Å²) in [4.78, 5) is 26.0. The van der Waals surface area contributed by atoms with Crippen molar-refractivity contribution < 1.29 is 14.3 Å². The zero-order valence-corrected chi connectivity index (χ0v) is 14.2. The van der Waals surface area contributed by atoms with Gasteiger partial charge in [-0.3, -0.25) is 9.59 Å². The first-order chi connectivity index (χ1) is 11.5. The van der Waals surface area contributed by atoms with Crippen LogP contribution < -0.4 is 5.32 Å². The van der Waals surface area contributed by atoms with Gasteiger partial charge in [0.25, 0.3) is 5.91 Å². The Labute approximate surface area is 142 Å². The summed E-state index contributed by atoms with van der Waals surface area (Å²) >= 11 is 0. The van der Waals surface area contributed by atoms with Crippen LogP contribution in [-0.4, -0.2) is 48.1 Å². The second kappa shape index (κ2) is 7.18. The van der Waals surface area contributed by atoms with Crippen molar-refractivity contribution in [2.24, 2.45) is 0 Å². The third kappa shape index (κ3) is 4.45. The summed E-state index contributed by atoms with van der Waals surface area (Å²) in [6.07, 6.45) is 5.66. The van der Waals surface area contributed by atoms with Crippen molar-refractivity contribution in [2.75, 3.05) is 13.1 Å². The van der Waals surface area contributed by atoms with Crippen LogP contribution in [0, 0.1) is 0 Å². The number of morpholine rings is 1. The summed E-state index contributed by atoms with van der Waals surface area (Å²) in [5.74, 6) is -0.0343. The van der Waals surface area contributed by atoms with Gasteiger partial charge in [-0.15, -0.1) is 0 Å². The van der Waals surface area contributed by atoms with E-state index in [0.717, 1.165) is 18.4 Å². The Bertz CT molecular complexity index is 625. The van der Waals surface area contributed by atoms with Crippen molar-refractivity contribution >= 4 is 17.9 Å². The third-order valence-corrected chi connectivity index (χ3v) is 4.24. The first-order valence-electron chi connectivity index (χ1n) is 8.54. The molecule has 2 fully saturated rings. The molecule has 1 aliphatic carbocycles. The van der Waals surface area contributed by atoms with Gasteiger partial charge in [0.15, 0.2) is 0 Å². The predicted octanol–water partition coefficient (Wildman–Crippen LogP) is 2.23. The Balaban J connectivity index is 1.57. The maximum atomic E-state index is 12.3. The van der Waals surface area contributed by atoms with Crippen molar-refractivity contribution in [1.29, 1.82) is 0 Å². The molecule has 1 N–H and O–H groups in total. The van der Waals surface area contributed by atoms with Crippen molar-refractivity contribution in [3.05, 3.63) is 41.5 Å². The second-order valence-electron chi connectivity index (χ2n) is 6.70. The number of nitrogens with one attached hydrogen (secondary N) is 1. The Morgan fingerprint density at radius 3 is 2.33 bits per heavy atom. The molecule has 1 aromatic carbocycles. The predicted molar refractivity (Wildman–Crippen MR) is 92.6 cm³/mol. The van der Waals surface area contributed by atoms with Crippen LogP contribution in [0.3, 0.4) is 0 Å². The van der Waals surface area contributed by atoms with Gasteiger partial charge in [0.05, 0.1) is 12.2 Å². The topological polar surface area (TPSA) is 58.6 Å². The lowest BCUT2D eigenvalue weighted by molar-refractivity contribution is -0.137. The molecule has 1 aromatic rings. The van der Waals surface area contributed by atoms with Gasteiger partial charge in [-0.1, -0.05) is 12.1 Å². The number of ether oxygens (including phenoxy) is 1. The van der Waals surface area contributed by atoms with Crippen LogP contribution in [0.25, 0.3) is 6.08 Å². The molecule has 2 unspecified atom stereocenters. The molecule has 2 atom stereocenters. The van der Waals surface area contributed by atoms with Gasteiger partial charge < -0.3 is 15.0 Å². The van der Waals surface area contributed by atoms with Gasteiger partial charge in [0.1, 0.15) is 0 Å². The highest BCUT2D eigenvalue weighted by molar-refractivity contribution is 5.95. The molecule has 0 spiro atoms. The van der Waals surface area contributed by atoms with Gasteiger partial charge in [-0.05, 0) is 50.5 Å². The van der Waals surface area contributed by atoms with Crippen LogP contribution in [-0.2, 0) is 9.53 Å². The molecule has 2 amide bonds. The second-order valence-corrected chi connectivity index (χ2v) is 6.70. The molecule has 3 rings (SSSR count). The van der Waals surface area contributed by atoms with Crippen LogP contribution in [0.5, 0.6) is 0 Å². The molecular formula is C19H24N2O3. The van der Waals surface area contributed by atoms with E-state index in [-0.39, 0.29) is 24.0 Å². The van der Waals surface area contributed by atoms with Gasteiger partial charge >= 0.3 is 0 Å². The van der Waals surface area contributed by atoms with E-state index in [9.17, 15) is 9.59 Å². The van der Waals surface area contributed by atoms with Gasteiger partial charge in [-0.25, -0.2) is 0 Å². The molecule has 0 bridgehead atoms. The minimum Gasteiger partial charge on any atom is -0.372 e. The van der Waals surface area contributed by atoms with E-state index in [1.807, 2.05) is 30.9 Å². The molecule has 5 heteroatoms. The molecule has 5 nitrogen and oxygen atoms in total. The minimum absolute atomic E-state index is 0.00690. The van der Waals surface area contributed by atoms with E-state index in [2.05, 4.69) is 5.32 Å². The fraction of sp³-hybridized carbons (Fsp3) is 0.474. The summed E-state index contributed by atoms with van der Waals surface area (Å²) in [7, 11) is 0. The first-order valence-corrected chi connectivity index (χ1v) is 8.54. The number of nitrogens with zero attached hydrogens (tertiary/aromatic N) is 1. The number of hydrogen-bond donors (Lipinski definition) is 1. The van der Waals surface area contributed by atoms with Crippen molar-refractivity contribution in [1.82, 2.24) is 10.2 Å². The van der Waals surface area contributed by atoms with Crippen LogP contribution in [0.15, 0.2) is 30.3 Å². The quantitative estimate of drug-likeness (QED) is 0.862. The molecule has 1 heterocycles. The summed E-state index contributed by atoms with van der Waals surface area (Å²) in [5.41, 5.74) is 1.56. The number of rotatable bonds is 4. The highest BCUT2D eigenvalue weighted by atomic mass is 16.5. The van der Waals surface area contributed by atoms with Crippen molar-refractivity contribution in [3.63, 3.8) is 0 Å². The monoisotopic (exact) mass is 328 g/mol. The molecule has 2 aliphatic rings. The van der Waals surface area contributed by atoms with Crippen LogP contribution in [0.1, 0.15) is 42.6 Å². The largest absolute Gasteiger partial charge is 0.372 e. The fourth-order valence-electron chi connectivity index (χ4n) is 2.87. The number of hydrogen-bond acceptors (Lipinski definition) is 3. The average Bonchev–Trinajstić information content (AvgIpc) is 3.36. The Morgan fingerprint density at radius 1 is 1.12 bits per heavy atom. The molecule has 1 saturated heterocycles. The zero-order chi connectivity index (χ0) is 17.1. The molecule has 128 valence electrons. The summed E-state index contributed by atoms with van der Waals surface area (Å²) in [6.45, 7) is 5.19. The van der Waals surface area contributed by atoms with Crippen molar-refractivity contribution in [3.8, 4) is 0 Å². The average molecular weight is 328 g/mol. The van der Waals surface area contributed by atoms with E-state index < -0.39 is 0 Å². The van der Waals surface area contributed by atoms with Crippen molar-refractivity contribution in [2.45, 2.75) is 44.9 Å². The summed E-state index contributed by atoms with van der Waals surface area (Å²) < 4.78 is 5.64. The van der Waals surface area contributed by atoms with Crippen LogP contribution in [0.4, 0.5) is 0 Å². The Morgan fingerprint density at radius 2 is 1.75 bits per heavy atom. The highest BCUT2D eigenvalue weighted by Crippen LogP contribution is 2.19. The maximum Gasteiger partial charge on any atom is 0.251 e. The lowest BCUT2D eigenvalue weighted by Crippen LogP contribution is -2.47. The molecule has 1 aliphatic heterocycles. The van der Waals surface area contributed by atoms with Gasteiger partial charge in [0.2, 0.25) is 5.91 Å². The molecule has 1 saturated carbocycles. The molecule has 24 heavy (non-hydrogen) atoms. The molecular weight excluding hydrogens is 304 g/mol. The lowest BCUT2D eigenvalue weighted by atomic mass is 10.1. The first kappa shape index (κ1) is 16.7. The van der Waals surface area contributed by atoms with E-state index in [1.165, 1.54) is 0 Å². The van der Waals surface area contributed by atoms with Crippen LogP contribution >= 0.6 is 0 Å². The van der Waals surface area contributed by atoms with Crippen LogP contribution in [0.2, 0.25) is 0 Å². The normalized spacial score (nSPS) is 24.2. The Hall–Kier alpha value is -2.14. The Kier molecular flexibility index (Phi) is 5.00. The van der Waals surface area contributed by atoms with E-state index in [0.29, 0.717) is 24.7 Å². The van der Waals surface area contributed by atoms with E-state index >= 15 is 0 Å². The highest BCUT2D eigenvalue weighted by Gasteiger charge is 2.25. The SMILES string of the molecule is CC1CN(C(=O)/C=C/c2ccc(C(=O)NC3CC3)cc2)CC(C)O1. The van der Waals surface area contributed by atoms with Gasteiger partial charge in [0, 0.05) is 30.8 Å². The minimum atomic E-state index is -0.0274. The zero-order valence-electron chi connectivity index (χ0n) is 14.2. The maximum absolute atomic E-state index is 12.3. The summed E-state index contributed by atoms with van der Waals surface area (Å²) in [6, 6.07) is 7.65. The smallest absolute Gasteiger partial charge is 0.251 e. The summed E-state index contributed by atoms with van der Waals surface area (Å²) in [5, 5.41) is 2.96. The molecule has 0 radical (unpaired) electrons. The fourth-order valence-corrected chi connectivity index (χ4v) is 2.87. The van der Waals surface area contributed by atoms with Gasteiger partial charge in [-0.2, -0.15) is 0 Å².